The Hall–Kier alpha value is -2.10. The Morgan fingerprint density at radius 1 is 1.26 bits per heavy atom. The third kappa shape index (κ3) is 2.52. The average Bonchev–Trinajstić information content (AvgIpc) is 2.38. The number of fused-ring (bicyclic) bond motifs is 1. The van der Waals surface area contributed by atoms with Crippen LogP contribution in [0.15, 0.2) is 42.9 Å². The molecule has 0 aliphatic carbocycles. The van der Waals surface area contributed by atoms with Crippen molar-refractivity contribution in [1.82, 2.24) is 9.97 Å². The highest BCUT2D eigenvalue weighted by molar-refractivity contribution is 5.44. The van der Waals surface area contributed by atoms with Crippen LogP contribution >= 0.6 is 0 Å². The van der Waals surface area contributed by atoms with Gasteiger partial charge in [0.2, 0.25) is 0 Å². The second-order valence-electron chi connectivity index (χ2n) is 5.39. The van der Waals surface area contributed by atoms with E-state index in [0.717, 1.165) is 18.0 Å². The molecule has 0 radical (unpaired) electrons. The van der Waals surface area contributed by atoms with Gasteiger partial charge in [0.1, 0.15) is 17.2 Å². The summed E-state index contributed by atoms with van der Waals surface area (Å²) in [6.45, 7) is 4.21. The fraction of sp³-hybridized carbons (Fsp3) is 0.333. The van der Waals surface area contributed by atoms with Gasteiger partial charge in [-0.05, 0) is 19.9 Å². The molecule has 1 N–H and O–H groups in total. The third-order valence-corrected chi connectivity index (χ3v) is 3.26. The van der Waals surface area contributed by atoms with E-state index in [1.165, 1.54) is 5.56 Å². The lowest BCUT2D eigenvalue weighted by atomic mass is 9.90. The van der Waals surface area contributed by atoms with Gasteiger partial charge in [0.05, 0.1) is 12.2 Å². The molecule has 1 atom stereocenters. The van der Waals surface area contributed by atoms with E-state index >= 15 is 0 Å². The van der Waals surface area contributed by atoms with Gasteiger partial charge in [-0.15, -0.1) is 0 Å². The van der Waals surface area contributed by atoms with E-state index in [-0.39, 0.29) is 11.6 Å². The van der Waals surface area contributed by atoms with Gasteiger partial charge in [-0.3, -0.25) is 4.98 Å². The van der Waals surface area contributed by atoms with Crippen LogP contribution in [0.4, 0.5) is 5.82 Å². The Morgan fingerprint density at radius 2 is 2.11 bits per heavy atom. The lowest BCUT2D eigenvalue weighted by molar-refractivity contribution is 0.0758. The zero-order valence-electron chi connectivity index (χ0n) is 11.1. The van der Waals surface area contributed by atoms with Gasteiger partial charge >= 0.3 is 0 Å². The Balaban J connectivity index is 1.93. The smallest absolute Gasteiger partial charge is 0.144 e. The van der Waals surface area contributed by atoms with Crippen molar-refractivity contribution in [3.8, 4) is 5.75 Å². The highest BCUT2D eigenvalue weighted by Gasteiger charge is 2.33. The highest BCUT2D eigenvalue weighted by Crippen LogP contribution is 2.40. The quantitative estimate of drug-likeness (QED) is 0.895. The van der Waals surface area contributed by atoms with Crippen LogP contribution in [0, 0.1) is 0 Å². The maximum absolute atomic E-state index is 6.01. The Labute approximate surface area is 112 Å². The molecular formula is C15H17N3O. The first-order valence-corrected chi connectivity index (χ1v) is 6.44. The van der Waals surface area contributed by atoms with E-state index in [4.69, 9.17) is 4.74 Å². The predicted octanol–water partition coefficient (Wildman–Crippen LogP) is 3.19. The van der Waals surface area contributed by atoms with Crippen molar-refractivity contribution in [1.29, 1.82) is 0 Å². The van der Waals surface area contributed by atoms with Crippen LogP contribution in [0.1, 0.15) is 31.9 Å². The number of rotatable bonds is 2. The Bertz CT molecular complexity index is 569. The summed E-state index contributed by atoms with van der Waals surface area (Å²) in [4.78, 5) is 8.37. The number of nitrogens with zero attached hydrogens (tertiary/aromatic N) is 2. The van der Waals surface area contributed by atoms with Gasteiger partial charge in [-0.1, -0.05) is 18.2 Å². The number of ether oxygens (including phenoxy) is 1. The average molecular weight is 255 g/mol. The van der Waals surface area contributed by atoms with Gasteiger partial charge in [0.25, 0.3) is 0 Å². The van der Waals surface area contributed by atoms with Crippen LogP contribution in [-0.4, -0.2) is 15.6 Å². The molecule has 0 bridgehead atoms. The summed E-state index contributed by atoms with van der Waals surface area (Å²) in [5.41, 5.74) is 0.987. The number of hydrogen-bond donors (Lipinski definition) is 1. The number of anilines is 1. The molecule has 4 heteroatoms. The second kappa shape index (κ2) is 4.53. The van der Waals surface area contributed by atoms with Crippen molar-refractivity contribution in [3.63, 3.8) is 0 Å². The first kappa shape index (κ1) is 12.0. The summed E-state index contributed by atoms with van der Waals surface area (Å²) < 4.78 is 6.01. The van der Waals surface area contributed by atoms with E-state index in [1.54, 1.807) is 18.6 Å². The van der Waals surface area contributed by atoms with Crippen molar-refractivity contribution < 1.29 is 4.74 Å². The minimum atomic E-state index is -0.186. The number of hydrogen-bond acceptors (Lipinski definition) is 4. The number of nitrogens with one attached hydrogen (secondary N) is 1. The summed E-state index contributed by atoms with van der Waals surface area (Å²) in [7, 11) is 0. The molecule has 1 unspecified atom stereocenters. The summed E-state index contributed by atoms with van der Waals surface area (Å²) in [5, 5.41) is 3.44. The Kier molecular flexibility index (Phi) is 2.85. The molecule has 3 rings (SSSR count). The number of aromatic nitrogens is 2. The molecule has 1 aliphatic rings. The maximum atomic E-state index is 6.01. The highest BCUT2D eigenvalue weighted by atomic mass is 16.5. The van der Waals surface area contributed by atoms with Crippen LogP contribution in [0.3, 0.4) is 0 Å². The largest absolute Gasteiger partial charge is 0.487 e. The predicted molar refractivity (Wildman–Crippen MR) is 74.2 cm³/mol. The van der Waals surface area contributed by atoms with E-state index < -0.39 is 0 Å². The summed E-state index contributed by atoms with van der Waals surface area (Å²) in [6, 6.07) is 8.34. The molecule has 19 heavy (non-hydrogen) atoms. The molecule has 1 aliphatic heterocycles. The van der Waals surface area contributed by atoms with Crippen LogP contribution in [0.2, 0.25) is 0 Å². The van der Waals surface area contributed by atoms with Crippen LogP contribution in [0.25, 0.3) is 0 Å². The van der Waals surface area contributed by atoms with Crippen molar-refractivity contribution in [2.45, 2.75) is 31.9 Å². The topological polar surface area (TPSA) is 47.0 Å². The standard InChI is InChI=1S/C15H17N3O/c1-15(2)9-12(18-14-10-16-7-8-17-14)11-5-3-4-6-13(11)19-15/h3-8,10,12H,9H2,1-2H3,(H,17,18). The second-order valence-corrected chi connectivity index (χ2v) is 5.39. The zero-order chi connectivity index (χ0) is 13.3. The molecule has 0 amide bonds. The molecule has 2 aromatic rings. The molecule has 1 aromatic heterocycles. The molecule has 0 saturated carbocycles. The summed E-state index contributed by atoms with van der Waals surface area (Å²) in [6.07, 6.45) is 6.00. The third-order valence-electron chi connectivity index (χ3n) is 3.26. The van der Waals surface area contributed by atoms with Gasteiger partial charge in [0, 0.05) is 24.4 Å². The molecule has 2 heterocycles. The van der Waals surface area contributed by atoms with Crippen molar-refractivity contribution in [3.05, 3.63) is 48.4 Å². The summed E-state index contributed by atoms with van der Waals surface area (Å²) >= 11 is 0. The molecule has 0 saturated heterocycles. The van der Waals surface area contributed by atoms with Crippen molar-refractivity contribution in [2.75, 3.05) is 5.32 Å². The lowest BCUT2D eigenvalue weighted by Gasteiger charge is -2.38. The normalized spacial score (nSPS) is 20.2. The van der Waals surface area contributed by atoms with Crippen molar-refractivity contribution >= 4 is 5.82 Å². The lowest BCUT2D eigenvalue weighted by Crippen LogP contribution is -2.37. The molecule has 98 valence electrons. The fourth-order valence-electron chi connectivity index (χ4n) is 2.48. The van der Waals surface area contributed by atoms with Gasteiger partial charge in [0.15, 0.2) is 0 Å². The molecular weight excluding hydrogens is 238 g/mol. The van der Waals surface area contributed by atoms with Gasteiger partial charge in [-0.2, -0.15) is 0 Å². The molecule has 0 spiro atoms. The molecule has 4 nitrogen and oxygen atoms in total. The fourth-order valence-corrected chi connectivity index (χ4v) is 2.48. The number of para-hydroxylation sites is 1. The minimum absolute atomic E-state index is 0.186. The van der Waals surface area contributed by atoms with Crippen LogP contribution < -0.4 is 10.1 Å². The van der Waals surface area contributed by atoms with Gasteiger partial charge < -0.3 is 10.1 Å². The minimum Gasteiger partial charge on any atom is -0.487 e. The van der Waals surface area contributed by atoms with Crippen LogP contribution in [0.5, 0.6) is 5.75 Å². The number of benzene rings is 1. The Morgan fingerprint density at radius 3 is 2.89 bits per heavy atom. The van der Waals surface area contributed by atoms with Crippen molar-refractivity contribution in [2.24, 2.45) is 0 Å². The van der Waals surface area contributed by atoms with E-state index in [0.29, 0.717) is 0 Å². The summed E-state index contributed by atoms with van der Waals surface area (Å²) in [5.74, 6) is 1.74. The molecule has 0 fully saturated rings. The monoisotopic (exact) mass is 255 g/mol. The molecule has 1 aromatic carbocycles. The van der Waals surface area contributed by atoms with E-state index in [2.05, 4.69) is 35.2 Å². The zero-order valence-corrected chi connectivity index (χ0v) is 11.1. The SMILES string of the molecule is CC1(C)CC(Nc2cnccn2)c2ccccc2O1. The van der Waals surface area contributed by atoms with E-state index in [1.807, 2.05) is 18.2 Å². The van der Waals surface area contributed by atoms with E-state index in [9.17, 15) is 0 Å². The first-order chi connectivity index (χ1) is 9.14. The first-order valence-electron chi connectivity index (χ1n) is 6.44. The van der Waals surface area contributed by atoms with Gasteiger partial charge in [-0.25, -0.2) is 4.98 Å². The maximum Gasteiger partial charge on any atom is 0.144 e. The van der Waals surface area contributed by atoms with Crippen LogP contribution in [-0.2, 0) is 0 Å².